The summed E-state index contributed by atoms with van der Waals surface area (Å²) in [5, 5.41) is 3.02. The van der Waals surface area contributed by atoms with E-state index in [9.17, 15) is 14.4 Å². The van der Waals surface area contributed by atoms with Gasteiger partial charge in [0.1, 0.15) is 0 Å². The fraction of sp³-hybridized carbons (Fsp3) is 0.348. The van der Waals surface area contributed by atoms with Crippen LogP contribution in [0.3, 0.4) is 0 Å². The van der Waals surface area contributed by atoms with Gasteiger partial charge in [-0.3, -0.25) is 14.4 Å². The second kappa shape index (κ2) is 9.00. The molecule has 156 valence electrons. The second-order valence-electron chi connectivity index (χ2n) is 7.73. The molecule has 7 heteroatoms. The number of likely N-dealkylation sites (tertiary alicyclic amines) is 1. The SMILES string of the molecule is O=C(Nc1ccccc1N1CCCC1=O)C1CCN(C(=O)c2ccc(Br)cc2)CC1. The number of benzene rings is 2. The Hall–Kier alpha value is -2.67. The van der Waals surface area contributed by atoms with Crippen LogP contribution in [0.1, 0.15) is 36.0 Å². The normalized spacial score (nSPS) is 17.3. The minimum atomic E-state index is -0.152. The van der Waals surface area contributed by atoms with Gasteiger partial charge in [-0.25, -0.2) is 0 Å². The lowest BCUT2D eigenvalue weighted by Gasteiger charge is -2.31. The van der Waals surface area contributed by atoms with Crippen molar-refractivity contribution in [3.63, 3.8) is 0 Å². The van der Waals surface area contributed by atoms with Gasteiger partial charge in [0, 0.05) is 42.0 Å². The Balaban J connectivity index is 1.37. The summed E-state index contributed by atoms with van der Waals surface area (Å²) in [4.78, 5) is 41.2. The number of piperidine rings is 1. The average Bonchev–Trinajstić information content (AvgIpc) is 3.20. The zero-order valence-electron chi connectivity index (χ0n) is 16.6. The third-order valence-corrected chi connectivity index (χ3v) is 6.30. The summed E-state index contributed by atoms with van der Waals surface area (Å²) >= 11 is 3.38. The van der Waals surface area contributed by atoms with Gasteiger partial charge < -0.3 is 15.1 Å². The van der Waals surface area contributed by atoms with Gasteiger partial charge in [0.05, 0.1) is 11.4 Å². The van der Waals surface area contributed by atoms with Crippen LogP contribution in [0.25, 0.3) is 0 Å². The van der Waals surface area contributed by atoms with Crippen LogP contribution in [-0.4, -0.2) is 42.3 Å². The van der Waals surface area contributed by atoms with Gasteiger partial charge in [-0.05, 0) is 55.7 Å². The number of nitrogens with one attached hydrogen (secondary N) is 1. The Bertz CT molecular complexity index is 952. The van der Waals surface area contributed by atoms with E-state index < -0.39 is 0 Å². The molecule has 3 amide bonds. The summed E-state index contributed by atoms with van der Waals surface area (Å²) < 4.78 is 0.936. The summed E-state index contributed by atoms with van der Waals surface area (Å²) in [6, 6.07) is 14.8. The molecule has 2 aromatic rings. The summed E-state index contributed by atoms with van der Waals surface area (Å²) in [7, 11) is 0. The van der Waals surface area contributed by atoms with E-state index in [0.717, 1.165) is 16.6 Å². The first-order valence-corrected chi connectivity index (χ1v) is 11.1. The van der Waals surface area contributed by atoms with Crippen LogP contribution in [-0.2, 0) is 9.59 Å². The summed E-state index contributed by atoms with van der Waals surface area (Å²) in [6.07, 6.45) is 2.64. The molecule has 4 rings (SSSR count). The molecule has 0 spiro atoms. The molecule has 2 heterocycles. The molecule has 0 radical (unpaired) electrons. The molecule has 2 aliphatic rings. The maximum atomic E-state index is 12.9. The van der Waals surface area contributed by atoms with Crippen LogP contribution in [0.4, 0.5) is 11.4 Å². The summed E-state index contributed by atoms with van der Waals surface area (Å²) in [5.74, 6) is -0.109. The standard InChI is InChI=1S/C23H24BrN3O3/c24-18-9-7-17(8-10-18)23(30)26-14-11-16(12-15-26)22(29)25-19-4-1-2-5-20(19)27-13-3-6-21(27)28/h1-2,4-5,7-10,16H,3,6,11-15H2,(H,25,29). The highest BCUT2D eigenvalue weighted by atomic mass is 79.9. The van der Waals surface area contributed by atoms with Gasteiger partial charge in [0.2, 0.25) is 11.8 Å². The molecule has 6 nitrogen and oxygen atoms in total. The highest BCUT2D eigenvalue weighted by molar-refractivity contribution is 9.10. The van der Waals surface area contributed by atoms with Crippen molar-refractivity contribution >= 4 is 45.0 Å². The molecule has 2 fully saturated rings. The Kier molecular flexibility index (Phi) is 6.18. The Morgan fingerprint density at radius 2 is 1.67 bits per heavy atom. The quantitative estimate of drug-likeness (QED) is 0.733. The fourth-order valence-corrected chi connectivity index (χ4v) is 4.34. The number of hydrogen-bond donors (Lipinski definition) is 1. The molecular formula is C23H24BrN3O3. The molecule has 30 heavy (non-hydrogen) atoms. The average molecular weight is 470 g/mol. The molecule has 2 aliphatic heterocycles. The first kappa shape index (κ1) is 20.6. The van der Waals surface area contributed by atoms with Crippen LogP contribution < -0.4 is 10.2 Å². The molecular weight excluding hydrogens is 446 g/mol. The number of carbonyl (C=O) groups excluding carboxylic acids is 3. The second-order valence-corrected chi connectivity index (χ2v) is 8.64. The molecule has 0 saturated carbocycles. The number of halogens is 1. The molecule has 1 N–H and O–H groups in total. The molecule has 2 saturated heterocycles. The molecule has 0 bridgehead atoms. The molecule has 0 atom stereocenters. The maximum Gasteiger partial charge on any atom is 0.253 e. The van der Waals surface area contributed by atoms with E-state index in [4.69, 9.17) is 0 Å². The lowest BCUT2D eigenvalue weighted by atomic mass is 9.95. The van der Waals surface area contributed by atoms with E-state index >= 15 is 0 Å². The number of para-hydroxylation sites is 2. The monoisotopic (exact) mass is 469 g/mol. The van der Waals surface area contributed by atoms with E-state index in [1.165, 1.54) is 0 Å². The molecule has 2 aromatic carbocycles. The Labute approximate surface area is 184 Å². The van der Waals surface area contributed by atoms with Crippen molar-refractivity contribution in [2.75, 3.05) is 29.9 Å². The Morgan fingerprint density at radius 3 is 2.33 bits per heavy atom. The van der Waals surface area contributed by atoms with Gasteiger partial charge in [0.15, 0.2) is 0 Å². The topological polar surface area (TPSA) is 69.7 Å². The maximum absolute atomic E-state index is 12.9. The van der Waals surface area contributed by atoms with E-state index in [1.54, 1.807) is 4.90 Å². The zero-order chi connectivity index (χ0) is 21.1. The van der Waals surface area contributed by atoms with Crippen molar-refractivity contribution in [1.82, 2.24) is 4.90 Å². The number of nitrogens with zero attached hydrogens (tertiary/aromatic N) is 2. The van der Waals surface area contributed by atoms with Gasteiger partial charge in [-0.1, -0.05) is 28.1 Å². The van der Waals surface area contributed by atoms with Crippen LogP contribution in [0.15, 0.2) is 53.0 Å². The van der Waals surface area contributed by atoms with E-state index in [1.807, 2.05) is 53.4 Å². The van der Waals surface area contributed by atoms with Gasteiger partial charge in [-0.2, -0.15) is 0 Å². The van der Waals surface area contributed by atoms with Gasteiger partial charge in [0.25, 0.3) is 5.91 Å². The molecule has 0 aromatic heterocycles. The smallest absolute Gasteiger partial charge is 0.253 e. The predicted octanol–water partition coefficient (Wildman–Crippen LogP) is 4.07. The highest BCUT2D eigenvalue weighted by Crippen LogP contribution is 2.30. The van der Waals surface area contributed by atoms with Crippen LogP contribution in [0, 0.1) is 5.92 Å². The number of hydrogen-bond acceptors (Lipinski definition) is 3. The number of amides is 3. The minimum absolute atomic E-state index is 0.000695. The van der Waals surface area contributed by atoms with Gasteiger partial charge >= 0.3 is 0 Å². The lowest BCUT2D eigenvalue weighted by molar-refractivity contribution is -0.121. The first-order valence-electron chi connectivity index (χ1n) is 10.3. The van der Waals surface area contributed by atoms with Crippen LogP contribution in [0.2, 0.25) is 0 Å². The number of carbonyl (C=O) groups is 3. The third kappa shape index (κ3) is 4.41. The molecule has 0 unspecified atom stereocenters. The van der Waals surface area contributed by atoms with Crippen molar-refractivity contribution in [3.05, 3.63) is 58.6 Å². The summed E-state index contributed by atoms with van der Waals surface area (Å²) in [5.41, 5.74) is 2.09. The summed E-state index contributed by atoms with van der Waals surface area (Å²) in [6.45, 7) is 1.79. The lowest BCUT2D eigenvalue weighted by Crippen LogP contribution is -2.41. The highest BCUT2D eigenvalue weighted by Gasteiger charge is 2.29. The van der Waals surface area contributed by atoms with Gasteiger partial charge in [-0.15, -0.1) is 0 Å². The zero-order valence-corrected chi connectivity index (χ0v) is 18.2. The van der Waals surface area contributed by atoms with E-state index in [2.05, 4.69) is 21.2 Å². The third-order valence-electron chi connectivity index (χ3n) is 5.77. The van der Waals surface area contributed by atoms with E-state index in [0.29, 0.717) is 50.1 Å². The Morgan fingerprint density at radius 1 is 0.967 bits per heavy atom. The van der Waals surface area contributed by atoms with Crippen LogP contribution in [0.5, 0.6) is 0 Å². The van der Waals surface area contributed by atoms with Crippen molar-refractivity contribution in [1.29, 1.82) is 0 Å². The van der Waals surface area contributed by atoms with Crippen molar-refractivity contribution in [3.8, 4) is 0 Å². The minimum Gasteiger partial charge on any atom is -0.339 e. The van der Waals surface area contributed by atoms with Crippen molar-refractivity contribution < 1.29 is 14.4 Å². The fourth-order valence-electron chi connectivity index (χ4n) is 4.07. The number of rotatable bonds is 4. The number of anilines is 2. The molecule has 0 aliphatic carbocycles. The largest absolute Gasteiger partial charge is 0.339 e. The first-order chi connectivity index (χ1) is 14.5. The van der Waals surface area contributed by atoms with Crippen molar-refractivity contribution in [2.24, 2.45) is 5.92 Å². The van der Waals surface area contributed by atoms with Crippen LogP contribution >= 0.6 is 15.9 Å². The van der Waals surface area contributed by atoms with Crippen molar-refractivity contribution in [2.45, 2.75) is 25.7 Å². The predicted molar refractivity (Wildman–Crippen MR) is 119 cm³/mol. The van der Waals surface area contributed by atoms with E-state index in [-0.39, 0.29) is 23.6 Å².